The van der Waals surface area contributed by atoms with Crippen molar-refractivity contribution >= 4 is 23.0 Å². The summed E-state index contributed by atoms with van der Waals surface area (Å²) in [5.74, 6) is -0.122. The molecule has 0 aliphatic rings. The largest absolute Gasteiger partial charge is 0.351 e. The van der Waals surface area contributed by atoms with Gasteiger partial charge >= 0.3 is 0 Å². The Labute approximate surface area is 122 Å². The standard InChI is InChI=1S/C16H16NO2S/c18-15(14-4-2-1-3-5-14)6-7-16(19)17-10-8-13-9-11-20-12-13/h1-5,9-12H,6-8H2,(H,17,19). The fourth-order valence-corrected chi connectivity index (χ4v) is 2.44. The minimum atomic E-state index is -0.121. The third-order valence-electron chi connectivity index (χ3n) is 2.86. The van der Waals surface area contributed by atoms with Gasteiger partial charge in [-0.3, -0.25) is 9.59 Å². The molecule has 0 spiro atoms. The van der Waals surface area contributed by atoms with Gasteiger partial charge in [0.05, 0.1) is 6.54 Å². The second-order valence-corrected chi connectivity index (χ2v) is 5.18. The molecule has 0 aliphatic carbocycles. The zero-order valence-corrected chi connectivity index (χ0v) is 11.9. The predicted octanol–water partition coefficient (Wildman–Crippen LogP) is 3.23. The SMILES string of the molecule is O=C(CCC(=O)c1ccccc1)N[CH]Cc1ccsc1. The molecule has 0 saturated heterocycles. The van der Waals surface area contributed by atoms with E-state index in [4.69, 9.17) is 0 Å². The highest BCUT2D eigenvalue weighted by Crippen LogP contribution is 2.08. The third kappa shape index (κ3) is 4.63. The van der Waals surface area contributed by atoms with Crippen molar-refractivity contribution in [1.29, 1.82) is 0 Å². The number of thiophene rings is 1. The van der Waals surface area contributed by atoms with Crippen molar-refractivity contribution in [3.8, 4) is 0 Å². The van der Waals surface area contributed by atoms with Gasteiger partial charge in [0.25, 0.3) is 0 Å². The molecule has 2 aromatic rings. The number of carbonyl (C=O) groups is 2. The number of hydrogen-bond acceptors (Lipinski definition) is 3. The van der Waals surface area contributed by atoms with Gasteiger partial charge in [-0.25, -0.2) is 0 Å². The Kier molecular flexibility index (Phi) is 5.50. The van der Waals surface area contributed by atoms with E-state index >= 15 is 0 Å². The number of nitrogens with one attached hydrogen (secondary N) is 1. The smallest absolute Gasteiger partial charge is 0.220 e. The first-order chi connectivity index (χ1) is 9.75. The maximum atomic E-state index is 11.8. The fraction of sp³-hybridized carbons (Fsp3) is 0.188. The molecular formula is C16H16NO2S. The van der Waals surface area contributed by atoms with Crippen LogP contribution in [0, 0.1) is 6.54 Å². The van der Waals surface area contributed by atoms with E-state index in [1.54, 1.807) is 30.0 Å². The van der Waals surface area contributed by atoms with Crippen LogP contribution in [0.3, 0.4) is 0 Å². The fourth-order valence-electron chi connectivity index (χ4n) is 1.76. The number of rotatable bonds is 7. The molecule has 20 heavy (non-hydrogen) atoms. The van der Waals surface area contributed by atoms with Crippen LogP contribution in [0.5, 0.6) is 0 Å². The number of ketones is 1. The highest BCUT2D eigenvalue weighted by atomic mass is 32.1. The normalized spacial score (nSPS) is 10.2. The third-order valence-corrected chi connectivity index (χ3v) is 3.59. The zero-order chi connectivity index (χ0) is 14.2. The Hall–Kier alpha value is -1.94. The monoisotopic (exact) mass is 286 g/mol. The van der Waals surface area contributed by atoms with E-state index in [1.807, 2.05) is 35.0 Å². The van der Waals surface area contributed by atoms with Gasteiger partial charge in [-0.2, -0.15) is 11.3 Å². The molecule has 0 saturated carbocycles. The number of hydrogen-bond donors (Lipinski definition) is 1. The Morgan fingerprint density at radius 1 is 1.10 bits per heavy atom. The lowest BCUT2D eigenvalue weighted by Gasteiger charge is -2.04. The summed E-state index contributed by atoms with van der Waals surface area (Å²) in [6.07, 6.45) is 1.16. The van der Waals surface area contributed by atoms with Gasteiger partial charge in [-0.1, -0.05) is 30.3 Å². The minimum Gasteiger partial charge on any atom is -0.351 e. The van der Waals surface area contributed by atoms with Crippen molar-refractivity contribution in [3.05, 3.63) is 64.8 Å². The Morgan fingerprint density at radius 2 is 1.90 bits per heavy atom. The van der Waals surface area contributed by atoms with Crippen LogP contribution in [-0.2, 0) is 11.2 Å². The molecule has 0 fully saturated rings. The maximum absolute atomic E-state index is 11.8. The van der Waals surface area contributed by atoms with Crippen molar-refractivity contribution in [1.82, 2.24) is 5.32 Å². The van der Waals surface area contributed by atoms with Crippen LogP contribution in [-0.4, -0.2) is 11.7 Å². The molecule has 2 rings (SSSR count). The summed E-state index contributed by atoms with van der Waals surface area (Å²) in [7, 11) is 0. The molecule has 0 bridgehead atoms. The summed E-state index contributed by atoms with van der Waals surface area (Å²) in [5, 5.41) is 6.76. The Bertz CT molecular complexity index is 549. The van der Waals surface area contributed by atoms with Crippen LogP contribution in [0.25, 0.3) is 0 Å². The van der Waals surface area contributed by atoms with Crippen LogP contribution < -0.4 is 5.32 Å². The van der Waals surface area contributed by atoms with Crippen molar-refractivity contribution in [2.45, 2.75) is 19.3 Å². The molecule has 3 nitrogen and oxygen atoms in total. The van der Waals surface area contributed by atoms with E-state index in [9.17, 15) is 9.59 Å². The molecule has 1 radical (unpaired) electrons. The molecule has 1 heterocycles. The second-order valence-electron chi connectivity index (χ2n) is 4.40. The Morgan fingerprint density at radius 3 is 2.60 bits per heavy atom. The van der Waals surface area contributed by atoms with Crippen molar-refractivity contribution in [2.75, 3.05) is 0 Å². The minimum absolute atomic E-state index is 0.00131. The Balaban J connectivity index is 1.66. The molecule has 0 atom stereocenters. The molecular weight excluding hydrogens is 270 g/mol. The summed E-state index contributed by atoms with van der Waals surface area (Å²) >= 11 is 1.63. The quantitative estimate of drug-likeness (QED) is 0.794. The van der Waals surface area contributed by atoms with E-state index in [2.05, 4.69) is 5.32 Å². The summed E-state index contributed by atoms with van der Waals surface area (Å²) in [6, 6.07) is 11.1. The summed E-state index contributed by atoms with van der Waals surface area (Å²) in [5.41, 5.74) is 1.83. The van der Waals surface area contributed by atoms with E-state index in [-0.39, 0.29) is 24.5 Å². The summed E-state index contributed by atoms with van der Waals surface area (Å²) in [6.45, 7) is 1.73. The van der Waals surface area contributed by atoms with Gasteiger partial charge in [0.1, 0.15) is 0 Å². The summed E-state index contributed by atoms with van der Waals surface area (Å²) in [4.78, 5) is 23.4. The van der Waals surface area contributed by atoms with E-state index in [0.717, 1.165) is 0 Å². The summed E-state index contributed by atoms with van der Waals surface area (Å²) < 4.78 is 0. The first-order valence-corrected chi connectivity index (χ1v) is 7.40. The lowest BCUT2D eigenvalue weighted by atomic mass is 10.1. The molecule has 0 aliphatic heterocycles. The molecule has 103 valence electrons. The van der Waals surface area contributed by atoms with Crippen molar-refractivity contribution in [3.63, 3.8) is 0 Å². The molecule has 0 unspecified atom stereocenters. The van der Waals surface area contributed by atoms with E-state index in [1.165, 1.54) is 5.56 Å². The van der Waals surface area contributed by atoms with Crippen LogP contribution in [0.1, 0.15) is 28.8 Å². The van der Waals surface area contributed by atoms with Gasteiger partial charge in [0, 0.05) is 18.4 Å². The molecule has 1 amide bonds. The van der Waals surface area contributed by atoms with Crippen LogP contribution in [0.4, 0.5) is 0 Å². The van der Waals surface area contributed by atoms with Gasteiger partial charge in [-0.05, 0) is 28.8 Å². The highest BCUT2D eigenvalue weighted by molar-refractivity contribution is 7.07. The van der Waals surface area contributed by atoms with Crippen molar-refractivity contribution in [2.24, 2.45) is 0 Å². The highest BCUT2D eigenvalue weighted by Gasteiger charge is 2.08. The number of Topliss-reactive ketones (excluding diaryl/α,β-unsaturated/α-hetero) is 1. The molecule has 4 heteroatoms. The zero-order valence-electron chi connectivity index (χ0n) is 11.0. The molecule has 1 aromatic carbocycles. The lowest BCUT2D eigenvalue weighted by molar-refractivity contribution is -0.120. The number of benzene rings is 1. The van der Waals surface area contributed by atoms with Gasteiger partial charge < -0.3 is 5.32 Å². The number of carbonyl (C=O) groups excluding carboxylic acids is 2. The van der Waals surface area contributed by atoms with Gasteiger partial charge in [0.15, 0.2) is 5.78 Å². The lowest BCUT2D eigenvalue weighted by Crippen LogP contribution is -2.22. The molecule has 1 N–H and O–H groups in total. The van der Waals surface area contributed by atoms with Crippen LogP contribution in [0.2, 0.25) is 0 Å². The van der Waals surface area contributed by atoms with Gasteiger partial charge in [-0.15, -0.1) is 0 Å². The maximum Gasteiger partial charge on any atom is 0.220 e. The topological polar surface area (TPSA) is 46.2 Å². The second kappa shape index (κ2) is 7.60. The molecule has 1 aromatic heterocycles. The van der Waals surface area contributed by atoms with Crippen molar-refractivity contribution < 1.29 is 9.59 Å². The first-order valence-electron chi connectivity index (χ1n) is 6.46. The first kappa shape index (κ1) is 14.5. The van der Waals surface area contributed by atoms with Gasteiger partial charge in [0.2, 0.25) is 5.91 Å². The number of amides is 1. The van der Waals surface area contributed by atoms with Crippen LogP contribution >= 0.6 is 11.3 Å². The average molecular weight is 286 g/mol. The van der Waals surface area contributed by atoms with Crippen LogP contribution in [0.15, 0.2) is 47.2 Å². The predicted molar refractivity (Wildman–Crippen MR) is 80.5 cm³/mol. The average Bonchev–Trinajstić information content (AvgIpc) is 2.99. The van der Waals surface area contributed by atoms with E-state index < -0.39 is 0 Å². The van der Waals surface area contributed by atoms with E-state index in [0.29, 0.717) is 12.0 Å².